The van der Waals surface area contributed by atoms with Crippen molar-refractivity contribution in [2.75, 3.05) is 12.0 Å². The van der Waals surface area contributed by atoms with Crippen LogP contribution >= 0.6 is 0 Å². The third kappa shape index (κ3) is 3.48. The number of nitriles is 1. The molecule has 0 radical (unpaired) electrons. The van der Waals surface area contributed by atoms with Gasteiger partial charge in [-0.3, -0.25) is 9.69 Å². The van der Waals surface area contributed by atoms with Gasteiger partial charge in [0.15, 0.2) is 5.54 Å². The highest BCUT2D eigenvalue weighted by Crippen LogP contribution is 2.45. The molecule has 1 saturated heterocycles. The molecule has 1 amide bonds. The van der Waals surface area contributed by atoms with Crippen molar-refractivity contribution >= 4 is 11.6 Å². The maximum atomic E-state index is 12.8. The van der Waals surface area contributed by atoms with E-state index in [4.69, 9.17) is 9.47 Å². The summed E-state index contributed by atoms with van der Waals surface area (Å²) in [5.74, 6) is 1.18. The zero-order chi connectivity index (χ0) is 21.0. The zero-order valence-electron chi connectivity index (χ0n) is 16.7. The summed E-state index contributed by atoms with van der Waals surface area (Å²) in [6.45, 7) is 0.468. The molecule has 0 bridgehead atoms. The highest BCUT2D eigenvalue weighted by atomic mass is 16.5. The van der Waals surface area contributed by atoms with Gasteiger partial charge in [-0.2, -0.15) is 5.26 Å². The third-order valence-electron chi connectivity index (χ3n) is 5.42. The topological polar surface area (TPSA) is 62.6 Å². The van der Waals surface area contributed by atoms with Crippen molar-refractivity contribution < 1.29 is 14.3 Å². The predicted molar refractivity (Wildman–Crippen MR) is 114 cm³/mol. The molecule has 30 heavy (non-hydrogen) atoms. The molecule has 3 aromatic carbocycles. The molecule has 4 rings (SSSR count). The third-order valence-corrected chi connectivity index (χ3v) is 5.42. The van der Waals surface area contributed by atoms with E-state index in [-0.39, 0.29) is 5.91 Å². The molecule has 5 nitrogen and oxygen atoms in total. The van der Waals surface area contributed by atoms with E-state index in [1.807, 2.05) is 72.8 Å². The molecule has 5 heteroatoms. The standard InChI is InChI=1S/C25H22N2O3/c1-29-23-10-6-5-9-22(23)27-24(28)15-16-25(27,18-26)20-11-13-21(14-12-20)30-17-19-7-3-2-4-8-19/h2-14H,15-17H2,1H3/t25-/m0/s1. The van der Waals surface area contributed by atoms with Gasteiger partial charge in [0.05, 0.1) is 18.9 Å². The number of nitrogens with zero attached hydrogens (tertiary/aromatic N) is 2. The largest absolute Gasteiger partial charge is 0.495 e. The Kier molecular flexibility index (Phi) is 5.40. The lowest BCUT2D eigenvalue weighted by molar-refractivity contribution is -0.117. The highest BCUT2D eigenvalue weighted by Gasteiger charge is 2.49. The van der Waals surface area contributed by atoms with Gasteiger partial charge < -0.3 is 9.47 Å². The first-order chi connectivity index (χ1) is 14.7. The van der Waals surface area contributed by atoms with Crippen molar-refractivity contribution in [3.63, 3.8) is 0 Å². The summed E-state index contributed by atoms with van der Waals surface area (Å²) in [5.41, 5.74) is 1.37. The first-order valence-electron chi connectivity index (χ1n) is 9.82. The normalized spacial score (nSPS) is 18.1. The van der Waals surface area contributed by atoms with Gasteiger partial charge in [0.25, 0.3) is 0 Å². The fourth-order valence-electron chi connectivity index (χ4n) is 3.89. The lowest BCUT2D eigenvalue weighted by Crippen LogP contribution is -2.42. The van der Waals surface area contributed by atoms with Crippen molar-refractivity contribution in [1.82, 2.24) is 0 Å². The number of rotatable bonds is 6. The van der Waals surface area contributed by atoms with Crippen molar-refractivity contribution in [2.24, 2.45) is 0 Å². The van der Waals surface area contributed by atoms with Crippen LogP contribution in [-0.2, 0) is 16.9 Å². The minimum atomic E-state index is -1.08. The second-order valence-corrected chi connectivity index (χ2v) is 7.17. The number of benzene rings is 3. The lowest BCUT2D eigenvalue weighted by Gasteiger charge is -2.33. The summed E-state index contributed by atoms with van der Waals surface area (Å²) >= 11 is 0. The Morgan fingerprint density at radius 2 is 1.70 bits per heavy atom. The van der Waals surface area contributed by atoms with Crippen LogP contribution in [-0.4, -0.2) is 13.0 Å². The van der Waals surface area contributed by atoms with Crippen LogP contribution < -0.4 is 14.4 Å². The Labute approximate surface area is 176 Å². The number of amides is 1. The van der Waals surface area contributed by atoms with Crippen LogP contribution in [0.3, 0.4) is 0 Å². The number of ether oxygens (including phenoxy) is 2. The van der Waals surface area contributed by atoms with Gasteiger partial charge in [0.2, 0.25) is 5.91 Å². The van der Waals surface area contributed by atoms with Crippen LogP contribution in [0.1, 0.15) is 24.0 Å². The second kappa shape index (κ2) is 8.30. The highest BCUT2D eigenvalue weighted by molar-refractivity contribution is 6.00. The smallest absolute Gasteiger partial charge is 0.228 e. The second-order valence-electron chi connectivity index (χ2n) is 7.17. The Morgan fingerprint density at radius 3 is 2.40 bits per heavy atom. The van der Waals surface area contributed by atoms with Gasteiger partial charge in [0, 0.05) is 6.42 Å². The van der Waals surface area contributed by atoms with Gasteiger partial charge in [0.1, 0.15) is 18.1 Å². The van der Waals surface area contributed by atoms with Crippen LogP contribution in [0.4, 0.5) is 5.69 Å². The maximum Gasteiger partial charge on any atom is 0.228 e. The van der Waals surface area contributed by atoms with Gasteiger partial charge in [-0.15, -0.1) is 0 Å². The molecule has 0 aromatic heterocycles. The van der Waals surface area contributed by atoms with E-state index in [1.165, 1.54) is 0 Å². The molecule has 1 atom stereocenters. The minimum absolute atomic E-state index is 0.0922. The summed E-state index contributed by atoms with van der Waals surface area (Å²) in [6.07, 6.45) is 0.725. The number of para-hydroxylation sites is 2. The Hall–Kier alpha value is -3.78. The molecule has 0 aliphatic carbocycles. The van der Waals surface area contributed by atoms with E-state index in [9.17, 15) is 10.1 Å². The first-order valence-corrected chi connectivity index (χ1v) is 9.82. The average Bonchev–Trinajstić information content (AvgIpc) is 3.15. The molecular weight excluding hydrogens is 376 g/mol. The number of methoxy groups -OCH3 is 1. The predicted octanol–water partition coefficient (Wildman–Crippen LogP) is 4.82. The van der Waals surface area contributed by atoms with Crippen LogP contribution in [0.5, 0.6) is 11.5 Å². The summed E-state index contributed by atoms with van der Waals surface area (Å²) in [7, 11) is 1.56. The number of anilines is 1. The summed E-state index contributed by atoms with van der Waals surface area (Å²) in [4.78, 5) is 14.4. The molecule has 0 saturated carbocycles. The lowest BCUT2D eigenvalue weighted by atomic mass is 9.88. The van der Waals surface area contributed by atoms with Crippen LogP contribution in [0.15, 0.2) is 78.9 Å². The number of carbonyl (C=O) groups excluding carboxylic acids is 1. The van der Waals surface area contributed by atoms with E-state index in [0.717, 1.165) is 11.1 Å². The van der Waals surface area contributed by atoms with Gasteiger partial charge in [-0.05, 0) is 41.8 Å². The van der Waals surface area contributed by atoms with Gasteiger partial charge in [-0.1, -0.05) is 54.6 Å². The van der Waals surface area contributed by atoms with Crippen LogP contribution in [0.2, 0.25) is 0 Å². The van der Waals surface area contributed by atoms with E-state index in [2.05, 4.69) is 6.07 Å². The molecule has 0 spiro atoms. The van der Waals surface area contributed by atoms with E-state index >= 15 is 0 Å². The summed E-state index contributed by atoms with van der Waals surface area (Å²) < 4.78 is 11.3. The fourth-order valence-corrected chi connectivity index (χ4v) is 3.89. The number of hydrogen-bond donors (Lipinski definition) is 0. The van der Waals surface area contributed by atoms with Crippen molar-refractivity contribution in [3.05, 3.63) is 90.0 Å². The molecule has 150 valence electrons. The first kappa shape index (κ1) is 19.5. The molecule has 1 aliphatic rings. The van der Waals surface area contributed by atoms with Crippen molar-refractivity contribution in [1.29, 1.82) is 5.26 Å². The molecule has 3 aromatic rings. The van der Waals surface area contributed by atoms with Crippen molar-refractivity contribution in [2.45, 2.75) is 25.0 Å². The van der Waals surface area contributed by atoms with E-state index in [0.29, 0.717) is 36.6 Å². The summed E-state index contributed by atoms with van der Waals surface area (Å²) in [6, 6.07) is 27.1. The molecule has 0 N–H and O–H groups in total. The Bertz CT molecular complexity index is 1070. The van der Waals surface area contributed by atoms with E-state index < -0.39 is 5.54 Å². The monoisotopic (exact) mass is 398 g/mol. The van der Waals surface area contributed by atoms with Crippen molar-refractivity contribution in [3.8, 4) is 17.6 Å². The minimum Gasteiger partial charge on any atom is -0.495 e. The molecule has 1 heterocycles. The number of carbonyl (C=O) groups is 1. The zero-order valence-corrected chi connectivity index (χ0v) is 16.7. The molecule has 1 fully saturated rings. The Balaban J connectivity index is 1.63. The average molecular weight is 398 g/mol. The number of hydrogen-bond acceptors (Lipinski definition) is 4. The molecular formula is C25H22N2O3. The van der Waals surface area contributed by atoms with Crippen LogP contribution in [0, 0.1) is 11.3 Å². The fraction of sp³-hybridized carbons (Fsp3) is 0.200. The summed E-state index contributed by atoms with van der Waals surface area (Å²) in [5, 5.41) is 10.2. The maximum absolute atomic E-state index is 12.8. The van der Waals surface area contributed by atoms with Crippen LogP contribution in [0.25, 0.3) is 0 Å². The molecule has 1 aliphatic heterocycles. The quantitative estimate of drug-likeness (QED) is 0.597. The Morgan fingerprint density at radius 1 is 1.00 bits per heavy atom. The van der Waals surface area contributed by atoms with E-state index in [1.54, 1.807) is 18.1 Å². The van der Waals surface area contributed by atoms with Gasteiger partial charge >= 0.3 is 0 Å². The SMILES string of the molecule is COc1ccccc1N1C(=O)CC[C@]1(C#N)c1ccc(OCc2ccccc2)cc1. The van der Waals surface area contributed by atoms with Gasteiger partial charge in [-0.25, -0.2) is 0 Å². The molecule has 0 unspecified atom stereocenters.